The number of guanidine groups is 1. The summed E-state index contributed by atoms with van der Waals surface area (Å²) in [5.41, 5.74) is 8.13. The molecule has 4 N–H and O–H groups in total. The van der Waals surface area contributed by atoms with Gasteiger partial charge in [0.25, 0.3) is 0 Å². The smallest absolute Gasteiger partial charge is 0.248 e. The molecule has 0 aliphatic rings. The lowest BCUT2D eigenvalue weighted by molar-refractivity contribution is 0.100. The van der Waals surface area contributed by atoms with Crippen molar-refractivity contribution in [3.63, 3.8) is 0 Å². The van der Waals surface area contributed by atoms with Crippen LogP contribution >= 0.6 is 11.3 Å². The van der Waals surface area contributed by atoms with Gasteiger partial charge in [-0.3, -0.25) is 4.79 Å². The average Bonchev–Trinajstić information content (AvgIpc) is 3.12. The number of hydrogen-bond acceptors (Lipinski definition) is 3. The zero-order valence-electron chi connectivity index (χ0n) is 14.1. The molecule has 1 heterocycles. The van der Waals surface area contributed by atoms with Crippen molar-refractivity contribution in [3.8, 4) is 0 Å². The Labute approximate surface area is 147 Å². The lowest BCUT2D eigenvalue weighted by Crippen LogP contribution is -2.39. The standard InChI is InChI=1S/C18H24N4OS/c1-3-20-18(21-10-13(2)16-8-9-24-12-16)22-11-14-4-6-15(7-5-14)17(19)23/h4-9,12-13H,3,10-11H2,1-2H3,(H2,19,23)(H2,20,21,22). The number of carbonyl (C=O) groups excluding carboxylic acids is 1. The predicted molar refractivity (Wildman–Crippen MR) is 101 cm³/mol. The van der Waals surface area contributed by atoms with Gasteiger partial charge in [0.1, 0.15) is 0 Å². The lowest BCUT2D eigenvalue weighted by atomic mass is 10.1. The van der Waals surface area contributed by atoms with Gasteiger partial charge in [-0.05, 0) is 52.9 Å². The zero-order valence-corrected chi connectivity index (χ0v) is 14.9. The van der Waals surface area contributed by atoms with E-state index in [4.69, 9.17) is 5.73 Å². The van der Waals surface area contributed by atoms with Gasteiger partial charge in [-0.2, -0.15) is 11.3 Å². The number of amides is 1. The van der Waals surface area contributed by atoms with Gasteiger partial charge in [0, 0.05) is 18.7 Å². The van der Waals surface area contributed by atoms with Crippen molar-refractivity contribution >= 4 is 23.2 Å². The molecule has 0 saturated heterocycles. The third kappa shape index (κ3) is 5.38. The van der Waals surface area contributed by atoms with Crippen molar-refractivity contribution in [1.82, 2.24) is 10.6 Å². The largest absolute Gasteiger partial charge is 0.366 e. The summed E-state index contributed by atoms with van der Waals surface area (Å²) < 4.78 is 0. The van der Waals surface area contributed by atoms with Crippen LogP contribution in [0.25, 0.3) is 0 Å². The summed E-state index contributed by atoms with van der Waals surface area (Å²) in [5, 5.41) is 10.9. The van der Waals surface area contributed by atoms with Crippen LogP contribution in [0.3, 0.4) is 0 Å². The van der Waals surface area contributed by atoms with Crippen molar-refractivity contribution in [2.75, 3.05) is 13.1 Å². The van der Waals surface area contributed by atoms with Crippen LogP contribution < -0.4 is 16.4 Å². The van der Waals surface area contributed by atoms with E-state index in [1.807, 2.05) is 19.1 Å². The van der Waals surface area contributed by atoms with Crippen LogP contribution in [0.2, 0.25) is 0 Å². The number of primary amides is 1. The third-order valence-corrected chi connectivity index (χ3v) is 4.39. The summed E-state index contributed by atoms with van der Waals surface area (Å²) in [5.74, 6) is 0.802. The minimum Gasteiger partial charge on any atom is -0.366 e. The number of nitrogens with two attached hydrogens (primary N) is 1. The first-order chi connectivity index (χ1) is 11.6. The molecule has 1 aromatic heterocycles. The maximum atomic E-state index is 11.1. The van der Waals surface area contributed by atoms with Crippen LogP contribution in [0.5, 0.6) is 0 Å². The molecule has 1 amide bonds. The highest BCUT2D eigenvalue weighted by atomic mass is 32.1. The van der Waals surface area contributed by atoms with Crippen LogP contribution in [0.4, 0.5) is 0 Å². The summed E-state index contributed by atoms with van der Waals surface area (Å²) >= 11 is 1.72. The Kier molecular flexibility index (Phi) is 6.81. The lowest BCUT2D eigenvalue weighted by Gasteiger charge is -2.15. The normalized spacial score (nSPS) is 12.7. The van der Waals surface area contributed by atoms with Gasteiger partial charge in [0.05, 0.1) is 6.54 Å². The number of nitrogens with zero attached hydrogens (tertiary/aromatic N) is 1. The molecule has 1 unspecified atom stereocenters. The number of aliphatic imine (C=N–C) groups is 1. The second-order valence-corrected chi connectivity index (χ2v) is 6.38. The van der Waals surface area contributed by atoms with Crippen LogP contribution in [-0.4, -0.2) is 25.0 Å². The summed E-state index contributed by atoms with van der Waals surface area (Å²) in [6, 6.07) is 9.36. The quantitative estimate of drug-likeness (QED) is 0.534. The van der Waals surface area contributed by atoms with Crippen molar-refractivity contribution < 1.29 is 4.79 Å². The molecule has 24 heavy (non-hydrogen) atoms. The Balaban J connectivity index is 1.93. The second kappa shape index (κ2) is 9.08. The Morgan fingerprint density at radius 1 is 1.25 bits per heavy atom. The first-order valence-electron chi connectivity index (χ1n) is 8.03. The maximum absolute atomic E-state index is 11.1. The Morgan fingerprint density at radius 3 is 2.58 bits per heavy atom. The molecule has 1 aromatic carbocycles. The molecular formula is C18H24N4OS. The predicted octanol–water partition coefficient (Wildman–Crippen LogP) is 2.71. The highest BCUT2D eigenvalue weighted by Gasteiger charge is 2.07. The number of carbonyl (C=O) groups is 1. The minimum absolute atomic E-state index is 0.414. The molecular weight excluding hydrogens is 320 g/mol. The summed E-state index contributed by atoms with van der Waals surface area (Å²) in [4.78, 5) is 15.7. The van der Waals surface area contributed by atoms with Gasteiger partial charge in [-0.25, -0.2) is 4.99 Å². The van der Waals surface area contributed by atoms with Gasteiger partial charge in [-0.1, -0.05) is 19.1 Å². The first kappa shape index (κ1) is 18.0. The molecule has 0 saturated carbocycles. The third-order valence-electron chi connectivity index (χ3n) is 3.69. The van der Waals surface area contributed by atoms with Crippen molar-refractivity contribution in [2.45, 2.75) is 26.3 Å². The van der Waals surface area contributed by atoms with Crippen LogP contribution in [-0.2, 0) is 6.54 Å². The van der Waals surface area contributed by atoms with E-state index in [1.54, 1.807) is 23.5 Å². The van der Waals surface area contributed by atoms with E-state index < -0.39 is 5.91 Å². The molecule has 128 valence electrons. The summed E-state index contributed by atoms with van der Waals surface area (Å²) in [6.45, 7) is 6.41. The molecule has 0 spiro atoms. The van der Waals surface area contributed by atoms with Gasteiger partial charge >= 0.3 is 0 Å². The zero-order chi connectivity index (χ0) is 17.4. The molecule has 0 aliphatic heterocycles. The highest BCUT2D eigenvalue weighted by Crippen LogP contribution is 2.17. The second-order valence-electron chi connectivity index (χ2n) is 5.59. The van der Waals surface area contributed by atoms with Gasteiger partial charge in [0.15, 0.2) is 5.96 Å². The van der Waals surface area contributed by atoms with Crippen LogP contribution in [0.1, 0.15) is 41.3 Å². The SMILES string of the molecule is CCNC(=NCc1ccc(C(N)=O)cc1)NCC(C)c1ccsc1. The summed E-state index contributed by atoms with van der Waals surface area (Å²) in [6.07, 6.45) is 0. The molecule has 0 radical (unpaired) electrons. The van der Waals surface area contributed by atoms with Gasteiger partial charge in [-0.15, -0.1) is 0 Å². The van der Waals surface area contributed by atoms with Crippen LogP contribution in [0.15, 0.2) is 46.1 Å². The fourth-order valence-corrected chi connectivity index (χ4v) is 2.99. The molecule has 6 heteroatoms. The Hall–Kier alpha value is -2.34. The summed E-state index contributed by atoms with van der Waals surface area (Å²) in [7, 11) is 0. The van der Waals surface area contributed by atoms with Crippen LogP contribution in [0, 0.1) is 0 Å². The molecule has 5 nitrogen and oxygen atoms in total. The van der Waals surface area contributed by atoms with Crippen molar-refractivity contribution in [1.29, 1.82) is 0 Å². The molecule has 2 aromatic rings. The number of nitrogens with one attached hydrogen (secondary N) is 2. The van der Waals surface area contributed by atoms with E-state index in [-0.39, 0.29) is 0 Å². The van der Waals surface area contributed by atoms with Crippen molar-refractivity contribution in [2.24, 2.45) is 10.7 Å². The minimum atomic E-state index is -0.414. The Bertz CT molecular complexity index is 665. The molecule has 1 atom stereocenters. The van der Waals surface area contributed by atoms with E-state index in [2.05, 4.69) is 39.4 Å². The number of hydrogen-bond donors (Lipinski definition) is 3. The van der Waals surface area contributed by atoms with Gasteiger partial charge < -0.3 is 16.4 Å². The monoisotopic (exact) mass is 344 g/mol. The Morgan fingerprint density at radius 2 is 2.00 bits per heavy atom. The molecule has 2 rings (SSSR count). The fraction of sp³-hybridized carbons (Fsp3) is 0.333. The van der Waals surface area contributed by atoms with E-state index in [1.165, 1.54) is 5.56 Å². The highest BCUT2D eigenvalue weighted by molar-refractivity contribution is 7.07. The maximum Gasteiger partial charge on any atom is 0.248 e. The molecule has 0 bridgehead atoms. The van der Waals surface area contributed by atoms with Crippen molar-refractivity contribution in [3.05, 3.63) is 57.8 Å². The van der Waals surface area contributed by atoms with E-state index in [0.717, 1.165) is 24.6 Å². The fourth-order valence-electron chi connectivity index (χ4n) is 2.21. The van der Waals surface area contributed by atoms with E-state index >= 15 is 0 Å². The average molecular weight is 344 g/mol. The first-order valence-corrected chi connectivity index (χ1v) is 8.97. The topological polar surface area (TPSA) is 79.5 Å². The van der Waals surface area contributed by atoms with E-state index in [9.17, 15) is 4.79 Å². The number of rotatable bonds is 7. The van der Waals surface area contributed by atoms with E-state index in [0.29, 0.717) is 18.0 Å². The number of thiophene rings is 1. The number of benzene rings is 1. The molecule has 0 fully saturated rings. The van der Waals surface area contributed by atoms with Gasteiger partial charge in [0.2, 0.25) is 5.91 Å². The molecule has 0 aliphatic carbocycles.